The highest BCUT2D eigenvalue weighted by Gasteiger charge is 2.24. The molecule has 4 rings (SSSR count). The molecule has 0 spiro atoms. The van der Waals surface area contributed by atoms with Crippen LogP contribution < -0.4 is 0 Å². The van der Waals surface area contributed by atoms with E-state index in [-0.39, 0.29) is 10.6 Å². The average molecular weight is 507 g/mol. The summed E-state index contributed by atoms with van der Waals surface area (Å²) in [5, 5.41) is 11.3. The van der Waals surface area contributed by atoms with Crippen molar-refractivity contribution in [1.29, 1.82) is 0 Å². The minimum Gasteiger partial charge on any atom is -0.384 e. The van der Waals surface area contributed by atoms with E-state index < -0.39 is 15.4 Å². The van der Waals surface area contributed by atoms with Crippen LogP contribution in [0.4, 0.5) is 0 Å². The van der Waals surface area contributed by atoms with Gasteiger partial charge in [0, 0.05) is 16.8 Å². The predicted octanol–water partition coefficient (Wildman–Crippen LogP) is 6.10. The Bertz CT molecular complexity index is 1520. The maximum Gasteiger partial charge on any atom is 0.186 e. The van der Waals surface area contributed by atoms with Crippen molar-refractivity contribution in [3.8, 4) is 28.2 Å². The minimum absolute atomic E-state index is 0.00855. The molecule has 0 radical (unpaired) electrons. The van der Waals surface area contributed by atoms with Crippen molar-refractivity contribution in [2.75, 3.05) is 5.75 Å². The van der Waals surface area contributed by atoms with Gasteiger partial charge >= 0.3 is 0 Å². The lowest BCUT2D eigenvalue weighted by Crippen LogP contribution is -2.15. The first-order valence-corrected chi connectivity index (χ1v) is 13.3. The number of aromatic nitrogens is 2. The predicted molar refractivity (Wildman–Crippen MR) is 140 cm³/mol. The van der Waals surface area contributed by atoms with Gasteiger partial charge in [-0.05, 0) is 86.3 Å². The number of nitrogens with zero attached hydrogens (tertiary/aromatic N) is 2. The van der Waals surface area contributed by atoms with Crippen molar-refractivity contribution in [3.63, 3.8) is 0 Å². The molecule has 0 bridgehead atoms. The zero-order valence-corrected chi connectivity index (χ0v) is 21.9. The second-order valence-electron chi connectivity index (χ2n) is 9.07. The zero-order chi connectivity index (χ0) is 25.5. The smallest absolute Gasteiger partial charge is 0.186 e. The van der Waals surface area contributed by atoms with Crippen LogP contribution in [0.3, 0.4) is 0 Å². The molecule has 1 aromatic heterocycles. The average Bonchev–Trinajstić information content (AvgIpc) is 3.26. The van der Waals surface area contributed by atoms with Crippen LogP contribution in [-0.2, 0) is 15.4 Å². The monoisotopic (exact) mass is 506 g/mol. The molecule has 0 aliphatic carbocycles. The molecule has 5 nitrogen and oxygen atoms in total. The highest BCUT2D eigenvalue weighted by molar-refractivity contribution is 7.91. The summed E-state index contributed by atoms with van der Waals surface area (Å²) >= 11 is 6.40. The van der Waals surface area contributed by atoms with E-state index in [0.717, 1.165) is 33.5 Å². The van der Waals surface area contributed by atoms with Crippen LogP contribution >= 0.6 is 11.6 Å². The Hall–Kier alpha value is -3.11. The molecule has 1 N–H and O–H groups in total. The molecular weight excluding hydrogens is 480 g/mol. The second-order valence-corrected chi connectivity index (χ2v) is 11.7. The Morgan fingerprint density at radius 2 is 1.86 bits per heavy atom. The zero-order valence-electron chi connectivity index (χ0n) is 20.3. The molecule has 0 unspecified atom stereocenters. The molecule has 7 heteroatoms. The number of hydrogen-bond acceptors (Lipinski definition) is 4. The maximum atomic E-state index is 12.3. The second kappa shape index (κ2) is 9.16. The largest absolute Gasteiger partial charge is 0.384 e. The van der Waals surface area contributed by atoms with Crippen molar-refractivity contribution < 1.29 is 13.5 Å². The first-order valence-electron chi connectivity index (χ1n) is 11.3. The number of sulfone groups is 1. The van der Waals surface area contributed by atoms with E-state index in [0.29, 0.717) is 16.5 Å². The number of imidazole rings is 1. The summed E-state index contributed by atoms with van der Waals surface area (Å²) in [6, 6.07) is 20.5. The SMILES string of the molecule is CCS(=O)(=O)c1c#ccc(-c2ccc(-n3cc(C(C)(C)O)nc3-c3cccc(Cl)c3C)c(C)c2)c1. The normalized spacial score (nSPS) is 12.0. The molecule has 0 saturated heterocycles. The number of aliphatic hydroxyl groups is 1. The van der Waals surface area contributed by atoms with Crippen LogP contribution in [-0.4, -0.2) is 28.8 Å². The first kappa shape index (κ1) is 25.0. The summed E-state index contributed by atoms with van der Waals surface area (Å²) in [6.07, 6.45) is 1.84. The van der Waals surface area contributed by atoms with Gasteiger partial charge in [-0.15, -0.1) is 0 Å². The summed E-state index contributed by atoms with van der Waals surface area (Å²) in [6.45, 7) is 8.95. The summed E-state index contributed by atoms with van der Waals surface area (Å²) in [7, 11) is -3.38. The quantitative estimate of drug-likeness (QED) is 0.343. The van der Waals surface area contributed by atoms with Gasteiger partial charge in [-0.3, -0.25) is 4.57 Å². The van der Waals surface area contributed by atoms with Crippen LogP contribution in [0.25, 0.3) is 28.2 Å². The Labute approximate surface area is 212 Å². The number of benzene rings is 2. The van der Waals surface area contributed by atoms with E-state index in [1.54, 1.807) is 32.9 Å². The van der Waals surface area contributed by atoms with Crippen LogP contribution in [0.5, 0.6) is 0 Å². The standard InChI is InChI=1S/C28H27ClN2O3S/c1-6-35(33,34)22-10-7-9-20(16-22)21-13-14-25(18(2)15-21)31-17-26(28(4,5)32)30-27(31)23-11-8-12-24(29)19(23)3/h8-9,11-17,32H,6H2,1-5H3. The fourth-order valence-corrected chi connectivity index (χ4v) is 4.90. The van der Waals surface area contributed by atoms with Gasteiger partial charge in [-0.1, -0.05) is 42.8 Å². The third-order valence-electron chi connectivity index (χ3n) is 6.06. The van der Waals surface area contributed by atoms with E-state index in [1.165, 1.54) is 0 Å². The van der Waals surface area contributed by atoms with Crippen molar-refractivity contribution in [2.24, 2.45) is 0 Å². The molecule has 0 aliphatic heterocycles. The number of aryl methyl sites for hydroxylation is 1. The Morgan fingerprint density at radius 3 is 2.51 bits per heavy atom. The number of rotatable bonds is 6. The molecule has 0 fully saturated rings. The molecular formula is C28H27ClN2O3S. The first-order chi connectivity index (χ1) is 16.4. The van der Waals surface area contributed by atoms with Crippen molar-refractivity contribution in [2.45, 2.75) is 45.1 Å². The highest BCUT2D eigenvalue weighted by Crippen LogP contribution is 2.34. The Morgan fingerprint density at radius 1 is 1.11 bits per heavy atom. The van der Waals surface area contributed by atoms with E-state index in [9.17, 15) is 13.5 Å². The third kappa shape index (κ3) is 4.85. The fraction of sp³-hybridized carbons (Fsp3) is 0.250. The summed E-state index contributed by atoms with van der Waals surface area (Å²) in [5.41, 5.74) is 4.65. The summed E-state index contributed by atoms with van der Waals surface area (Å²) in [4.78, 5) is 4.92. The van der Waals surface area contributed by atoms with Crippen LogP contribution in [0.1, 0.15) is 37.6 Å². The molecule has 0 amide bonds. The Balaban J connectivity index is 1.86. The molecule has 4 aromatic rings. The van der Waals surface area contributed by atoms with E-state index in [4.69, 9.17) is 16.6 Å². The lowest BCUT2D eigenvalue weighted by atomic mass is 10.0. The fourth-order valence-electron chi connectivity index (χ4n) is 3.90. The molecule has 0 saturated carbocycles. The topological polar surface area (TPSA) is 72.2 Å². The van der Waals surface area contributed by atoms with Gasteiger partial charge in [0.25, 0.3) is 0 Å². The van der Waals surface area contributed by atoms with Gasteiger partial charge < -0.3 is 5.11 Å². The van der Waals surface area contributed by atoms with Crippen LogP contribution in [0.2, 0.25) is 5.02 Å². The van der Waals surface area contributed by atoms with Gasteiger partial charge in [0.05, 0.1) is 17.1 Å². The highest BCUT2D eigenvalue weighted by atomic mass is 35.5. The number of hydrogen-bond donors (Lipinski definition) is 1. The summed E-state index contributed by atoms with van der Waals surface area (Å²) < 4.78 is 26.6. The van der Waals surface area contributed by atoms with E-state index in [2.05, 4.69) is 12.1 Å². The lowest BCUT2D eigenvalue weighted by Gasteiger charge is -2.14. The van der Waals surface area contributed by atoms with Crippen LogP contribution in [0, 0.1) is 26.0 Å². The van der Waals surface area contributed by atoms with E-state index >= 15 is 0 Å². The molecule has 35 heavy (non-hydrogen) atoms. The molecule has 0 aliphatic rings. The summed E-state index contributed by atoms with van der Waals surface area (Å²) in [5.74, 6) is 0.686. The van der Waals surface area contributed by atoms with Gasteiger partial charge in [0.2, 0.25) is 0 Å². The van der Waals surface area contributed by atoms with Crippen molar-refractivity contribution in [3.05, 3.63) is 88.7 Å². The van der Waals surface area contributed by atoms with E-state index in [1.807, 2.05) is 61.0 Å². The van der Waals surface area contributed by atoms with Gasteiger partial charge in [-0.25, -0.2) is 13.4 Å². The number of halogens is 1. The third-order valence-corrected chi connectivity index (χ3v) is 8.12. The molecule has 3 aromatic carbocycles. The van der Waals surface area contributed by atoms with Gasteiger partial charge in [0.15, 0.2) is 9.84 Å². The molecule has 180 valence electrons. The maximum absolute atomic E-state index is 12.3. The Kier molecular flexibility index (Phi) is 6.54. The van der Waals surface area contributed by atoms with Gasteiger partial charge in [0.1, 0.15) is 16.3 Å². The minimum atomic E-state index is -3.38. The van der Waals surface area contributed by atoms with Crippen molar-refractivity contribution >= 4 is 21.4 Å². The molecule has 1 heterocycles. The van der Waals surface area contributed by atoms with Gasteiger partial charge in [-0.2, -0.15) is 0 Å². The van der Waals surface area contributed by atoms with Crippen molar-refractivity contribution in [1.82, 2.24) is 9.55 Å². The van der Waals surface area contributed by atoms with Crippen LogP contribution in [0.15, 0.2) is 59.6 Å². The lowest BCUT2D eigenvalue weighted by molar-refractivity contribution is 0.0743. The molecule has 0 atom stereocenters.